The molecule has 0 heterocycles. The minimum Gasteiger partial charge on any atom is -0.309 e. The van der Waals surface area contributed by atoms with Crippen LogP contribution in [0.1, 0.15) is 65.4 Å². The van der Waals surface area contributed by atoms with Crippen molar-refractivity contribution < 1.29 is 19.2 Å². The molecule has 0 aliphatic heterocycles. The van der Waals surface area contributed by atoms with Gasteiger partial charge >= 0.3 is 0 Å². The zero-order chi connectivity index (χ0) is 22.0. The average Bonchev–Trinajstić information content (AvgIpc) is 2.73. The van der Waals surface area contributed by atoms with Crippen LogP contribution in [0.4, 0.5) is 0 Å². The maximum absolute atomic E-state index is 13.1. The second-order valence-corrected chi connectivity index (χ2v) is 8.13. The zero-order valence-electron chi connectivity index (χ0n) is 17.8. The van der Waals surface area contributed by atoms with Crippen molar-refractivity contribution in [2.24, 2.45) is 0 Å². The van der Waals surface area contributed by atoms with Gasteiger partial charge in [-0.2, -0.15) is 0 Å². The van der Waals surface area contributed by atoms with Crippen molar-refractivity contribution in [1.29, 1.82) is 0 Å². The van der Waals surface area contributed by atoms with E-state index in [1.807, 2.05) is 38.0 Å². The third-order valence-corrected chi connectivity index (χ3v) is 5.23. The van der Waals surface area contributed by atoms with Gasteiger partial charge in [-0.1, -0.05) is 12.1 Å². The molecule has 0 saturated heterocycles. The molecule has 0 unspecified atom stereocenters. The first-order chi connectivity index (χ1) is 14.2. The van der Waals surface area contributed by atoms with E-state index < -0.39 is 0 Å². The van der Waals surface area contributed by atoms with E-state index in [0.717, 1.165) is 0 Å². The third kappa shape index (κ3) is 4.45. The van der Waals surface area contributed by atoms with Crippen LogP contribution in [0.15, 0.2) is 36.4 Å². The summed E-state index contributed by atoms with van der Waals surface area (Å²) in [5.41, 5.74) is 1.87. The lowest BCUT2D eigenvalue weighted by Crippen LogP contribution is -2.23. The normalized spacial score (nSPS) is 12.9. The van der Waals surface area contributed by atoms with Gasteiger partial charge in [0.15, 0.2) is 23.1 Å². The van der Waals surface area contributed by atoms with Crippen molar-refractivity contribution in [3.8, 4) is 0 Å². The van der Waals surface area contributed by atoms with Gasteiger partial charge in [0.2, 0.25) is 0 Å². The number of nitrogens with zero attached hydrogens (tertiary/aromatic N) is 2. The van der Waals surface area contributed by atoms with E-state index in [4.69, 9.17) is 0 Å². The van der Waals surface area contributed by atoms with Crippen LogP contribution < -0.4 is 0 Å². The maximum atomic E-state index is 13.1. The maximum Gasteiger partial charge on any atom is 0.194 e. The minimum absolute atomic E-state index is 0.0786. The molecule has 0 radical (unpaired) electrons. The molecule has 0 fully saturated rings. The van der Waals surface area contributed by atoms with Gasteiger partial charge in [-0.3, -0.25) is 19.2 Å². The molecule has 6 heteroatoms. The Morgan fingerprint density at radius 1 is 0.633 bits per heavy atom. The van der Waals surface area contributed by atoms with Crippen molar-refractivity contribution >= 4 is 23.1 Å². The van der Waals surface area contributed by atoms with Crippen LogP contribution in [-0.4, -0.2) is 74.2 Å². The predicted molar refractivity (Wildman–Crippen MR) is 115 cm³/mol. The molecule has 2 aromatic carbocycles. The number of benzene rings is 2. The van der Waals surface area contributed by atoms with Gasteiger partial charge in [0.1, 0.15) is 0 Å². The van der Waals surface area contributed by atoms with Crippen LogP contribution in [0.5, 0.6) is 0 Å². The topological polar surface area (TPSA) is 74.8 Å². The quantitative estimate of drug-likeness (QED) is 0.536. The van der Waals surface area contributed by atoms with E-state index in [9.17, 15) is 19.2 Å². The molecule has 0 spiro atoms. The first kappa shape index (κ1) is 21.7. The van der Waals surface area contributed by atoms with E-state index in [0.29, 0.717) is 48.2 Å². The van der Waals surface area contributed by atoms with Crippen molar-refractivity contribution in [1.82, 2.24) is 9.80 Å². The highest BCUT2D eigenvalue weighted by atomic mass is 16.1. The van der Waals surface area contributed by atoms with E-state index >= 15 is 0 Å². The molecule has 30 heavy (non-hydrogen) atoms. The lowest BCUT2D eigenvalue weighted by Gasteiger charge is -2.19. The van der Waals surface area contributed by atoms with Crippen molar-refractivity contribution in [3.63, 3.8) is 0 Å². The second-order valence-electron chi connectivity index (χ2n) is 8.13. The largest absolute Gasteiger partial charge is 0.309 e. The van der Waals surface area contributed by atoms with E-state index in [-0.39, 0.29) is 34.3 Å². The Morgan fingerprint density at radius 2 is 1.00 bits per heavy atom. The molecule has 0 atom stereocenters. The molecule has 1 aliphatic rings. The standard InChI is InChI=1S/C24H26N2O4/c1-25(2)11-9-21(27)15-5-7-17-19(13-15)24(30)20-14-16(6-8-18(20)23(17)29)22(28)10-12-26(3)4/h5-8,13-14H,9-12H2,1-4H3. The number of carbonyl (C=O) groups is 4. The highest BCUT2D eigenvalue weighted by molar-refractivity contribution is 6.29. The number of hydrogen-bond donors (Lipinski definition) is 0. The number of Topliss-reactive ketones (excluding diaryl/α,β-unsaturated/α-hetero) is 2. The summed E-state index contributed by atoms with van der Waals surface area (Å²) < 4.78 is 0. The Hall–Kier alpha value is -2.96. The fourth-order valence-electron chi connectivity index (χ4n) is 3.44. The van der Waals surface area contributed by atoms with Gasteiger partial charge in [-0.25, -0.2) is 0 Å². The summed E-state index contributed by atoms with van der Waals surface area (Å²) in [7, 11) is 7.54. The van der Waals surface area contributed by atoms with Crippen molar-refractivity contribution in [2.45, 2.75) is 12.8 Å². The molecular weight excluding hydrogens is 380 g/mol. The average molecular weight is 406 g/mol. The molecule has 0 aromatic heterocycles. The van der Waals surface area contributed by atoms with Crippen LogP contribution in [0.3, 0.4) is 0 Å². The lowest BCUT2D eigenvalue weighted by molar-refractivity contribution is 0.0964. The molecule has 0 bridgehead atoms. The third-order valence-electron chi connectivity index (χ3n) is 5.23. The molecule has 2 aromatic rings. The van der Waals surface area contributed by atoms with Crippen LogP contribution >= 0.6 is 0 Å². The molecule has 0 N–H and O–H groups in total. The van der Waals surface area contributed by atoms with Crippen LogP contribution in [0, 0.1) is 0 Å². The van der Waals surface area contributed by atoms with Crippen LogP contribution in [0.2, 0.25) is 0 Å². The van der Waals surface area contributed by atoms with Crippen LogP contribution in [0.25, 0.3) is 0 Å². The number of rotatable bonds is 8. The molecule has 6 nitrogen and oxygen atoms in total. The highest BCUT2D eigenvalue weighted by Gasteiger charge is 2.31. The smallest absolute Gasteiger partial charge is 0.194 e. The fourth-order valence-corrected chi connectivity index (χ4v) is 3.44. The number of carbonyl (C=O) groups excluding carboxylic acids is 4. The number of fused-ring (bicyclic) bond motifs is 2. The van der Waals surface area contributed by atoms with Crippen molar-refractivity contribution in [3.05, 3.63) is 69.8 Å². The number of ketones is 4. The minimum atomic E-state index is -0.330. The summed E-state index contributed by atoms with van der Waals surface area (Å²) in [6.07, 6.45) is 0.657. The monoisotopic (exact) mass is 406 g/mol. The molecule has 0 amide bonds. The Morgan fingerprint density at radius 3 is 1.37 bits per heavy atom. The van der Waals surface area contributed by atoms with Gasteiger partial charge < -0.3 is 9.80 Å². The molecular formula is C24H26N2O4. The summed E-state index contributed by atoms with van der Waals surface area (Å²) in [6.45, 7) is 1.20. The van der Waals surface area contributed by atoms with Crippen LogP contribution in [-0.2, 0) is 0 Å². The van der Waals surface area contributed by atoms with E-state index in [2.05, 4.69) is 0 Å². The summed E-state index contributed by atoms with van der Waals surface area (Å²) in [6, 6.07) is 9.33. The Balaban J connectivity index is 1.93. The van der Waals surface area contributed by atoms with Gasteiger partial charge in [0, 0.05) is 59.3 Å². The van der Waals surface area contributed by atoms with Gasteiger partial charge in [-0.15, -0.1) is 0 Å². The van der Waals surface area contributed by atoms with Crippen molar-refractivity contribution in [2.75, 3.05) is 41.3 Å². The second kappa shape index (κ2) is 8.81. The lowest BCUT2D eigenvalue weighted by atomic mass is 9.82. The van der Waals surface area contributed by atoms with Gasteiger partial charge in [-0.05, 0) is 52.5 Å². The number of hydrogen-bond acceptors (Lipinski definition) is 6. The Labute approximate surface area is 176 Å². The SMILES string of the molecule is CN(C)CCC(=O)c1ccc2c(c1)C(=O)c1cc(C(=O)CCN(C)C)ccc1C2=O. The molecule has 3 rings (SSSR count). The fraction of sp³-hybridized carbons (Fsp3) is 0.333. The highest BCUT2D eigenvalue weighted by Crippen LogP contribution is 2.29. The summed E-state index contributed by atoms with van der Waals surface area (Å²) in [4.78, 5) is 54.8. The summed E-state index contributed by atoms with van der Waals surface area (Å²) in [5.74, 6) is -0.751. The first-order valence-corrected chi connectivity index (χ1v) is 9.92. The molecule has 1 aliphatic carbocycles. The van der Waals surface area contributed by atoms with E-state index in [1.165, 1.54) is 12.1 Å². The van der Waals surface area contributed by atoms with E-state index in [1.54, 1.807) is 24.3 Å². The Kier molecular flexibility index (Phi) is 6.39. The first-order valence-electron chi connectivity index (χ1n) is 9.92. The van der Waals surface area contributed by atoms with Gasteiger partial charge in [0.05, 0.1) is 0 Å². The molecule has 0 saturated carbocycles. The summed E-state index contributed by atoms with van der Waals surface area (Å²) in [5, 5.41) is 0. The Bertz CT molecular complexity index is 958. The van der Waals surface area contributed by atoms with Gasteiger partial charge in [0.25, 0.3) is 0 Å². The molecule has 156 valence electrons. The summed E-state index contributed by atoms with van der Waals surface area (Å²) >= 11 is 0. The zero-order valence-corrected chi connectivity index (χ0v) is 17.8. The predicted octanol–water partition coefficient (Wildman–Crippen LogP) is 2.73.